The Balaban J connectivity index is 1.79. The van der Waals surface area contributed by atoms with E-state index < -0.39 is 10.0 Å². The normalized spacial score (nSPS) is 16.9. The van der Waals surface area contributed by atoms with Gasteiger partial charge >= 0.3 is 0 Å². The van der Waals surface area contributed by atoms with E-state index in [1.54, 1.807) is 12.1 Å². The molecule has 1 atom stereocenters. The van der Waals surface area contributed by atoms with E-state index in [0.717, 1.165) is 17.5 Å². The van der Waals surface area contributed by atoms with E-state index in [4.69, 9.17) is 0 Å². The van der Waals surface area contributed by atoms with Crippen molar-refractivity contribution in [1.29, 1.82) is 0 Å². The first-order valence-corrected chi connectivity index (χ1v) is 11.9. The predicted molar refractivity (Wildman–Crippen MR) is 119 cm³/mol. The zero-order valence-electron chi connectivity index (χ0n) is 18.2. The number of amides is 1. The number of piperazine rings is 1. The average Bonchev–Trinajstić information content (AvgIpc) is 2.74. The minimum Gasteiger partial charge on any atom is -0.346 e. The summed E-state index contributed by atoms with van der Waals surface area (Å²) in [6.07, 6.45) is 0.967. The largest absolute Gasteiger partial charge is 0.346 e. The molecule has 1 saturated heterocycles. The number of likely N-dealkylation sites (N-methyl/N-ethyl adjacent to an activating group) is 1. The summed E-state index contributed by atoms with van der Waals surface area (Å²) in [5.74, 6) is -0.269. The molecule has 162 valence electrons. The Kier molecular flexibility index (Phi) is 6.95. The minimum absolute atomic E-state index is 0.169. The molecule has 0 radical (unpaired) electrons. The highest BCUT2D eigenvalue weighted by Gasteiger charge is 2.28. The molecule has 0 aliphatic carbocycles. The van der Waals surface area contributed by atoms with Crippen LogP contribution in [-0.2, 0) is 16.4 Å². The van der Waals surface area contributed by atoms with Crippen molar-refractivity contribution in [3.8, 4) is 0 Å². The van der Waals surface area contributed by atoms with Gasteiger partial charge in [-0.2, -0.15) is 4.31 Å². The van der Waals surface area contributed by atoms with Crippen LogP contribution >= 0.6 is 0 Å². The van der Waals surface area contributed by atoms with Gasteiger partial charge < -0.3 is 10.2 Å². The van der Waals surface area contributed by atoms with Crippen molar-refractivity contribution in [2.75, 3.05) is 33.2 Å². The fraction of sp³-hybridized carbons (Fsp3) is 0.435. The zero-order valence-corrected chi connectivity index (χ0v) is 19.0. The Morgan fingerprint density at radius 2 is 1.70 bits per heavy atom. The van der Waals surface area contributed by atoms with Gasteiger partial charge in [-0.3, -0.25) is 4.79 Å². The van der Waals surface area contributed by atoms with Gasteiger partial charge in [0, 0.05) is 31.7 Å². The number of hydrogen-bond acceptors (Lipinski definition) is 4. The van der Waals surface area contributed by atoms with Crippen LogP contribution in [0.4, 0.5) is 0 Å². The second-order valence-corrected chi connectivity index (χ2v) is 9.91. The molecule has 1 aliphatic heterocycles. The van der Waals surface area contributed by atoms with Gasteiger partial charge in [0.25, 0.3) is 5.91 Å². The molecule has 6 nitrogen and oxygen atoms in total. The predicted octanol–water partition coefficient (Wildman–Crippen LogP) is 2.98. The van der Waals surface area contributed by atoms with Crippen LogP contribution in [0.3, 0.4) is 0 Å². The summed E-state index contributed by atoms with van der Waals surface area (Å²) < 4.78 is 27.6. The lowest BCUT2D eigenvalue weighted by Crippen LogP contribution is -2.47. The molecule has 3 rings (SSSR count). The fourth-order valence-electron chi connectivity index (χ4n) is 3.58. The van der Waals surface area contributed by atoms with Crippen molar-refractivity contribution in [2.24, 2.45) is 0 Å². The third-order valence-corrected chi connectivity index (χ3v) is 7.68. The van der Waals surface area contributed by atoms with Crippen LogP contribution in [-0.4, -0.2) is 56.8 Å². The van der Waals surface area contributed by atoms with Gasteiger partial charge in [0.05, 0.1) is 10.9 Å². The zero-order chi connectivity index (χ0) is 21.9. The standard InChI is InChI=1S/C23H31N3O3S/c1-5-19-7-9-20(10-8-19)18(3)24-23(27)22-16-21(11-6-17(22)2)30(28,29)26-14-12-25(4)13-15-26/h6-11,16,18H,5,12-15H2,1-4H3,(H,24,27)/t18-/m0/s1. The molecule has 0 saturated carbocycles. The summed E-state index contributed by atoms with van der Waals surface area (Å²) >= 11 is 0. The highest BCUT2D eigenvalue weighted by Crippen LogP contribution is 2.22. The number of benzene rings is 2. The molecule has 30 heavy (non-hydrogen) atoms. The van der Waals surface area contributed by atoms with Crippen LogP contribution in [0.2, 0.25) is 0 Å². The lowest BCUT2D eigenvalue weighted by atomic mass is 10.0. The van der Waals surface area contributed by atoms with E-state index >= 15 is 0 Å². The first-order chi connectivity index (χ1) is 14.2. The Morgan fingerprint density at radius 3 is 2.30 bits per heavy atom. The van der Waals surface area contributed by atoms with Gasteiger partial charge in [-0.1, -0.05) is 37.3 Å². The second-order valence-electron chi connectivity index (χ2n) is 7.97. The van der Waals surface area contributed by atoms with Gasteiger partial charge in [0.2, 0.25) is 10.0 Å². The summed E-state index contributed by atoms with van der Waals surface area (Å²) in [5, 5.41) is 3.00. The number of aryl methyl sites for hydroxylation is 2. The van der Waals surface area contributed by atoms with Crippen LogP contribution in [0.5, 0.6) is 0 Å². The molecule has 0 bridgehead atoms. The molecule has 0 unspecified atom stereocenters. The molecule has 1 fully saturated rings. The first-order valence-electron chi connectivity index (χ1n) is 10.4. The lowest BCUT2D eigenvalue weighted by molar-refractivity contribution is 0.0939. The van der Waals surface area contributed by atoms with E-state index in [9.17, 15) is 13.2 Å². The van der Waals surface area contributed by atoms with Crippen molar-refractivity contribution >= 4 is 15.9 Å². The average molecular weight is 430 g/mol. The fourth-order valence-corrected chi connectivity index (χ4v) is 5.03. The third kappa shape index (κ3) is 4.91. The summed E-state index contributed by atoms with van der Waals surface area (Å²) in [6, 6.07) is 12.8. The quantitative estimate of drug-likeness (QED) is 0.766. The van der Waals surface area contributed by atoms with Crippen molar-refractivity contribution < 1.29 is 13.2 Å². The van der Waals surface area contributed by atoms with Gasteiger partial charge in [-0.25, -0.2) is 8.42 Å². The van der Waals surface area contributed by atoms with Gasteiger partial charge in [0.1, 0.15) is 0 Å². The first kappa shape index (κ1) is 22.5. The molecule has 2 aromatic carbocycles. The van der Waals surface area contributed by atoms with E-state index in [0.29, 0.717) is 31.7 Å². The smallest absolute Gasteiger partial charge is 0.252 e. The van der Waals surface area contributed by atoms with E-state index in [2.05, 4.69) is 29.3 Å². The molecule has 1 aliphatic rings. The number of nitrogens with zero attached hydrogens (tertiary/aromatic N) is 2. The number of carbonyl (C=O) groups is 1. The van der Waals surface area contributed by atoms with E-state index in [-0.39, 0.29) is 16.8 Å². The van der Waals surface area contributed by atoms with Gasteiger partial charge in [-0.05, 0) is 56.1 Å². The molecule has 0 spiro atoms. The van der Waals surface area contributed by atoms with Crippen molar-refractivity contribution in [3.05, 3.63) is 64.7 Å². The van der Waals surface area contributed by atoms with Crippen molar-refractivity contribution in [1.82, 2.24) is 14.5 Å². The Labute approximate surface area is 179 Å². The Hall–Kier alpha value is -2.22. The number of sulfonamides is 1. The Morgan fingerprint density at radius 1 is 1.07 bits per heavy atom. The number of rotatable bonds is 6. The Bertz CT molecular complexity index is 995. The van der Waals surface area contributed by atoms with Crippen molar-refractivity contribution in [2.45, 2.75) is 38.1 Å². The highest BCUT2D eigenvalue weighted by atomic mass is 32.2. The topological polar surface area (TPSA) is 69.7 Å². The maximum Gasteiger partial charge on any atom is 0.252 e. The number of nitrogens with one attached hydrogen (secondary N) is 1. The van der Waals surface area contributed by atoms with Crippen molar-refractivity contribution in [3.63, 3.8) is 0 Å². The van der Waals surface area contributed by atoms with Gasteiger partial charge in [-0.15, -0.1) is 0 Å². The SMILES string of the molecule is CCc1ccc([C@H](C)NC(=O)c2cc(S(=O)(=O)N3CCN(C)CC3)ccc2C)cc1. The molecule has 0 aromatic heterocycles. The van der Waals surface area contributed by atoms with Crippen LogP contribution < -0.4 is 5.32 Å². The van der Waals surface area contributed by atoms with Gasteiger partial charge in [0.15, 0.2) is 0 Å². The monoisotopic (exact) mass is 429 g/mol. The molecule has 1 heterocycles. The summed E-state index contributed by atoms with van der Waals surface area (Å²) in [6.45, 7) is 8.17. The van der Waals surface area contributed by atoms with Crippen LogP contribution in [0, 0.1) is 6.92 Å². The molecule has 2 aromatic rings. The van der Waals surface area contributed by atoms with Crippen LogP contribution in [0.15, 0.2) is 47.4 Å². The summed E-state index contributed by atoms with van der Waals surface area (Å²) in [5.41, 5.74) is 3.40. The minimum atomic E-state index is -3.62. The lowest BCUT2D eigenvalue weighted by Gasteiger charge is -2.31. The highest BCUT2D eigenvalue weighted by molar-refractivity contribution is 7.89. The second kappa shape index (κ2) is 9.29. The number of hydrogen-bond donors (Lipinski definition) is 1. The van der Waals surface area contributed by atoms with Crippen LogP contribution in [0.25, 0.3) is 0 Å². The number of carbonyl (C=O) groups excluding carboxylic acids is 1. The maximum atomic E-state index is 13.1. The van der Waals surface area contributed by atoms with Crippen LogP contribution in [0.1, 0.15) is 46.9 Å². The molecular formula is C23H31N3O3S. The summed E-state index contributed by atoms with van der Waals surface area (Å²) in [4.78, 5) is 15.2. The molecular weight excluding hydrogens is 398 g/mol. The summed E-state index contributed by atoms with van der Waals surface area (Å²) in [7, 11) is -1.64. The molecule has 1 N–H and O–H groups in total. The maximum absolute atomic E-state index is 13.1. The molecule has 1 amide bonds. The molecule has 7 heteroatoms. The van der Waals surface area contributed by atoms with E-state index in [1.165, 1.54) is 15.9 Å². The van der Waals surface area contributed by atoms with E-state index in [1.807, 2.05) is 33.0 Å². The third-order valence-electron chi connectivity index (χ3n) is 5.79.